The molecule has 0 saturated carbocycles. The number of para-hydroxylation sites is 1. The first-order valence-corrected chi connectivity index (χ1v) is 8.45. The van der Waals surface area contributed by atoms with Gasteiger partial charge in [-0.05, 0) is 24.6 Å². The highest BCUT2D eigenvalue weighted by Crippen LogP contribution is 2.18. The second kappa shape index (κ2) is 7.65. The van der Waals surface area contributed by atoms with E-state index in [2.05, 4.69) is 15.3 Å². The highest BCUT2D eigenvalue weighted by molar-refractivity contribution is 5.95. The largest absolute Gasteiger partial charge is 0.471 e. The molecule has 0 bridgehead atoms. The number of carbonyl (C=O) groups is 1. The van der Waals surface area contributed by atoms with Crippen molar-refractivity contribution in [2.75, 3.05) is 6.61 Å². The number of benzene rings is 1. The van der Waals surface area contributed by atoms with Crippen molar-refractivity contribution < 1.29 is 18.3 Å². The number of ether oxygens (including phenoxy) is 1. The molecule has 1 aromatic carbocycles. The Kier molecular flexibility index (Phi) is 5.30. The Morgan fingerprint density at radius 2 is 1.96 bits per heavy atom. The van der Waals surface area contributed by atoms with Gasteiger partial charge in [-0.1, -0.05) is 30.3 Å². The van der Waals surface area contributed by atoms with Crippen molar-refractivity contribution in [2.45, 2.75) is 25.8 Å². The molecule has 3 aromatic rings. The van der Waals surface area contributed by atoms with Crippen LogP contribution in [-0.2, 0) is 0 Å². The van der Waals surface area contributed by atoms with E-state index in [0.717, 1.165) is 23.4 Å². The Morgan fingerprint density at radius 3 is 2.67 bits per heavy atom. The minimum absolute atomic E-state index is 0.106. The summed E-state index contributed by atoms with van der Waals surface area (Å²) in [6, 6.07) is 13.9. The molecule has 27 heavy (non-hydrogen) atoms. The molecule has 1 N–H and O–H groups in total. The molecule has 3 rings (SSSR count). The number of nitrogens with zero attached hydrogens (tertiary/aromatic N) is 2. The zero-order chi connectivity index (χ0) is 19.4. The quantitative estimate of drug-likeness (QED) is 0.707. The number of aromatic nitrogens is 2. The van der Waals surface area contributed by atoms with Crippen LogP contribution in [0.5, 0.6) is 5.88 Å². The number of rotatable bonds is 6. The Hall–Kier alpha value is -3.09. The Morgan fingerprint density at radius 1 is 1.19 bits per heavy atom. The van der Waals surface area contributed by atoms with Crippen LogP contribution in [0.15, 0.2) is 54.7 Å². The van der Waals surface area contributed by atoms with Crippen LogP contribution in [0.2, 0.25) is 0 Å². The van der Waals surface area contributed by atoms with E-state index >= 15 is 0 Å². The Labute approximate surface area is 155 Å². The lowest BCUT2D eigenvalue weighted by Crippen LogP contribution is -2.27. The molecule has 0 aliphatic carbocycles. The summed E-state index contributed by atoms with van der Waals surface area (Å²) in [5, 5.41) is 3.81. The molecule has 0 fully saturated rings. The number of amides is 1. The van der Waals surface area contributed by atoms with Crippen LogP contribution in [-0.4, -0.2) is 28.4 Å². The molecule has 0 aliphatic rings. The maximum atomic E-state index is 12.8. The average Bonchev–Trinajstić information content (AvgIpc) is 2.65. The van der Waals surface area contributed by atoms with Crippen LogP contribution in [0.4, 0.5) is 8.78 Å². The van der Waals surface area contributed by atoms with Crippen LogP contribution < -0.4 is 10.1 Å². The van der Waals surface area contributed by atoms with E-state index in [-0.39, 0.29) is 17.8 Å². The van der Waals surface area contributed by atoms with Crippen molar-refractivity contribution in [3.63, 3.8) is 0 Å². The zero-order valence-electron chi connectivity index (χ0n) is 14.9. The van der Waals surface area contributed by atoms with Gasteiger partial charge in [0.1, 0.15) is 5.69 Å². The summed E-state index contributed by atoms with van der Waals surface area (Å²) in [5.41, 5.74) is 1.78. The third-order valence-corrected chi connectivity index (χ3v) is 3.91. The predicted molar refractivity (Wildman–Crippen MR) is 98.0 cm³/mol. The van der Waals surface area contributed by atoms with Gasteiger partial charge in [0.25, 0.3) is 11.8 Å². The lowest BCUT2D eigenvalue weighted by atomic mass is 10.1. The molecule has 7 heteroatoms. The minimum atomic E-state index is -2.92. The van der Waals surface area contributed by atoms with E-state index in [1.54, 1.807) is 19.1 Å². The molecule has 0 spiro atoms. The van der Waals surface area contributed by atoms with Crippen molar-refractivity contribution in [1.82, 2.24) is 15.3 Å². The first kappa shape index (κ1) is 18.7. The molecule has 0 aliphatic heterocycles. The van der Waals surface area contributed by atoms with Gasteiger partial charge in [-0.15, -0.1) is 0 Å². The van der Waals surface area contributed by atoms with Crippen molar-refractivity contribution in [3.8, 4) is 5.88 Å². The first-order chi connectivity index (χ1) is 12.8. The third kappa shape index (κ3) is 4.97. The van der Waals surface area contributed by atoms with Gasteiger partial charge in [0.2, 0.25) is 5.88 Å². The summed E-state index contributed by atoms with van der Waals surface area (Å²) in [4.78, 5) is 20.8. The van der Waals surface area contributed by atoms with Gasteiger partial charge >= 0.3 is 0 Å². The van der Waals surface area contributed by atoms with E-state index in [9.17, 15) is 13.6 Å². The second-order valence-electron chi connectivity index (χ2n) is 6.37. The molecule has 1 amide bonds. The molecule has 0 radical (unpaired) electrons. The number of halogens is 2. The number of fused-ring (bicyclic) bond motifs is 1. The van der Waals surface area contributed by atoms with Crippen LogP contribution in [0.1, 0.15) is 35.9 Å². The molecular formula is C20H19F2N3O2. The van der Waals surface area contributed by atoms with Gasteiger partial charge in [-0.2, -0.15) is 0 Å². The maximum absolute atomic E-state index is 12.8. The number of alkyl halides is 2. The highest BCUT2D eigenvalue weighted by Gasteiger charge is 2.22. The van der Waals surface area contributed by atoms with E-state index < -0.39 is 12.5 Å². The van der Waals surface area contributed by atoms with Crippen molar-refractivity contribution in [3.05, 3.63) is 66.0 Å². The lowest BCUT2D eigenvalue weighted by molar-refractivity contribution is -0.0242. The number of carbonyl (C=O) groups excluding carboxylic acids is 1. The monoisotopic (exact) mass is 371 g/mol. The zero-order valence-corrected chi connectivity index (χ0v) is 14.9. The van der Waals surface area contributed by atoms with Gasteiger partial charge in [0.05, 0.1) is 11.6 Å². The smallest absolute Gasteiger partial charge is 0.278 e. The van der Waals surface area contributed by atoms with E-state index in [1.165, 1.54) is 12.3 Å². The summed E-state index contributed by atoms with van der Waals surface area (Å²) in [5.74, 6) is -3.12. The van der Waals surface area contributed by atoms with Gasteiger partial charge in [-0.3, -0.25) is 4.79 Å². The Bertz CT molecular complexity index is 940. The molecular weight excluding hydrogens is 352 g/mol. The van der Waals surface area contributed by atoms with E-state index in [1.807, 2.05) is 30.3 Å². The van der Waals surface area contributed by atoms with Crippen molar-refractivity contribution in [2.24, 2.45) is 0 Å². The SMILES string of the molecule is CC(NC(=O)c1ccc2ccccc2n1)c1ccc(OCC(C)(F)F)nc1. The number of nitrogens with one attached hydrogen (secondary N) is 1. The molecule has 140 valence electrons. The Balaban J connectivity index is 1.65. The fourth-order valence-corrected chi connectivity index (χ4v) is 2.48. The first-order valence-electron chi connectivity index (χ1n) is 8.45. The highest BCUT2D eigenvalue weighted by atomic mass is 19.3. The summed E-state index contributed by atoms with van der Waals surface area (Å²) < 4.78 is 30.6. The maximum Gasteiger partial charge on any atom is 0.278 e. The summed E-state index contributed by atoms with van der Waals surface area (Å²) >= 11 is 0. The van der Waals surface area contributed by atoms with Gasteiger partial charge < -0.3 is 10.1 Å². The predicted octanol–water partition coefficient (Wildman–Crippen LogP) is 4.15. The standard InChI is InChI=1S/C20H19F2N3O2/c1-13(15-8-10-18(23-11-15)27-12-20(2,21)22)24-19(26)17-9-7-14-5-3-4-6-16(14)25-17/h3-11,13H,12H2,1-2H3,(H,24,26). The van der Waals surface area contributed by atoms with E-state index in [4.69, 9.17) is 4.74 Å². The topological polar surface area (TPSA) is 64.1 Å². The van der Waals surface area contributed by atoms with Crippen molar-refractivity contribution in [1.29, 1.82) is 0 Å². The molecule has 2 heterocycles. The van der Waals surface area contributed by atoms with Gasteiger partial charge in [0.15, 0.2) is 6.61 Å². The van der Waals surface area contributed by atoms with Gasteiger partial charge in [-0.25, -0.2) is 18.7 Å². The summed E-state index contributed by atoms with van der Waals surface area (Å²) in [6.07, 6.45) is 1.49. The lowest BCUT2D eigenvalue weighted by Gasteiger charge is -2.15. The van der Waals surface area contributed by atoms with Crippen LogP contribution in [0.25, 0.3) is 10.9 Å². The molecule has 5 nitrogen and oxygen atoms in total. The molecule has 1 atom stereocenters. The normalized spacial score (nSPS) is 12.6. The molecule has 1 unspecified atom stereocenters. The third-order valence-electron chi connectivity index (χ3n) is 3.91. The summed E-state index contributed by atoms with van der Waals surface area (Å²) in [6.45, 7) is 1.84. The number of hydrogen-bond acceptors (Lipinski definition) is 4. The number of hydrogen-bond donors (Lipinski definition) is 1. The van der Waals surface area contributed by atoms with Gasteiger partial charge in [0, 0.05) is 24.6 Å². The molecule has 2 aromatic heterocycles. The fraction of sp³-hybridized carbons (Fsp3) is 0.250. The van der Waals surface area contributed by atoms with Crippen LogP contribution in [0.3, 0.4) is 0 Å². The average molecular weight is 371 g/mol. The van der Waals surface area contributed by atoms with Crippen LogP contribution in [0, 0.1) is 0 Å². The van der Waals surface area contributed by atoms with Crippen LogP contribution >= 0.6 is 0 Å². The fourth-order valence-electron chi connectivity index (χ4n) is 2.48. The minimum Gasteiger partial charge on any atom is -0.471 e. The summed E-state index contributed by atoms with van der Waals surface area (Å²) in [7, 11) is 0. The number of pyridine rings is 2. The molecule has 0 saturated heterocycles. The van der Waals surface area contributed by atoms with E-state index in [0.29, 0.717) is 5.69 Å². The van der Waals surface area contributed by atoms with Crippen molar-refractivity contribution >= 4 is 16.8 Å². The second-order valence-corrected chi connectivity index (χ2v) is 6.37.